The van der Waals surface area contributed by atoms with Gasteiger partial charge in [0, 0.05) is 46.4 Å². The van der Waals surface area contributed by atoms with Crippen LogP contribution in [0.25, 0.3) is 0 Å². The molecule has 0 atom stereocenters. The fourth-order valence-electron chi connectivity index (χ4n) is 2.59. The molecule has 1 aromatic carbocycles. The van der Waals surface area contributed by atoms with Crippen LogP contribution in [0.5, 0.6) is 0 Å². The van der Waals surface area contributed by atoms with Crippen molar-refractivity contribution in [2.75, 3.05) is 39.8 Å². The molecule has 1 aromatic rings. The van der Waals surface area contributed by atoms with Crippen molar-refractivity contribution in [3.8, 4) is 0 Å². The number of methoxy groups -OCH3 is 1. The van der Waals surface area contributed by atoms with Gasteiger partial charge < -0.3 is 14.7 Å². The van der Waals surface area contributed by atoms with E-state index in [0.717, 1.165) is 32.7 Å². The van der Waals surface area contributed by atoms with E-state index in [-0.39, 0.29) is 6.42 Å². The molecule has 2 rings (SSSR count). The molecule has 0 aromatic heterocycles. The number of carboxylic acid groups (broad SMARTS) is 1. The van der Waals surface area contributed by atoms with Gasteiger partial charge in [-0.15, -0.1) is 0 Å². The fourth-order valence-corrected chi connectivity index (χ4v) is 2.59. The van der Waals surface area contributed by atoms with Crippen LogP contribution in [0.1, 0.15) is 17.5 Å². The van der Waals surface area contributed by atoms with Gasteiger partial charge in [-0.3, -0.25) is 9.69 Å². The van der Waals surface area contributed by atoms with Crippen LogP contribution >= 0.6 is 0 Å². The summed E-state index contributed by atoms with van der Waals surface area (Å²) in [5.74, 6) is -0.714. The van der Waals surface area contributed by atoms with Crippen LogP contribution in [-0.4, -0.2) is 60.7 Å². The summed E-state index contributed by atoms with van der Waals surface area (Å²) in [5.41, 5.74) is 2.51. The van der Waals surface area contributed by atoms with Gasteiger partial charge in [0.1, 0.15) is 0 Å². The lowest BCUT2D eigenvalue weighted by atomic mass is 10.1. The zero-order valence-electron chi connectivity index (χ0n) is 12.6. The Kier molecular flexibility index (Phi) is 6.17. The molecule has 1 saturated heterocycles. The quantitative estimate of drug-likeness (QED) is 0.824. The van der Waals surface area contributed by atoms with E-state index < -0.39 is 5.97 Å². The van der Waals surface area contributed by atoms with Crippen LogP contribution in [0.4, 0.5) is 0 Å². The summed E-state index contributed by atoms with van der Waals surface area (Å²) in [4.78, 5) is 15.2. The van der Waals surface area contributed by atoms with Gasteiger partial charge in [-0.2, -0.15) is 0 Å². The van der Waals surface area contributed by atoms with Gasteiger partial charge >= 0.3 is 5.97 Å². The van der Waals surface area contributed by atoms with E-state index in [1.807, 2.05) is 0 Å². The summed E-state index contributed by atoms with van der Waals surface area (Å²) in [5, 5.41) is 8.71. The van der Waals surface area contributed by atoms with E-state index in [0.29, 0.717) is 13.2 Å². The number of ether oxygens (including phenoxy) is 1. The topological polar surface area (TPSA) is 53.0 Å². The maximum atomic E-state index is 10.6. The van der Waals surface area contributed by atoms with E-state index in [9.17, 15) is 4.79 Å². The summed E-state index contributed by atoms with van der Waals surface area (Å²) >= 11 is 0. The number of piperazine rings is 1. The second-order valence-electron chi connectivity index (χ2n) is 5.51. The molecule has 0 bridgehead atoms. The third-order valence-electron chi connectivity index (χ3n) is 3.85. The Morgan fingerprint density at radius 1 is 1.10 bits per heavy atom. The van der Waals surface area contributed by atoms with E-state index in [2.05, 4.69) is 34.1 Å². The third-order valence-corrected chi connectivity index (χ3v) is 3.85. The van der Waals surface area contributed by atoms with Crippen molar-refractivity contribution in [1.29, 1.82) is 0 Å². The van der Waals surface area contributed by atoms with Gasteiger partial charge in [0.25, 0.3) is 0 Å². The van der Waals surface area contributed by atoms with E-state index >= 15 is 0 Å². The Morgan fingerprint density at radius 2 is 1.67 bits per heavy atom. The number of rotatable bonds is 7. The summed E-state index contributed by atoms with van der Waals surface area (Å²) in [7, 11) is 1.71. The maximum Gasteiger partial charge on any atom is 0.304 e. The number of aliphatic carboxylic acids is 1. The lowest BCUT2D eigenvalue weighted by Crippen LogP contribution is -2.46. The Bertz CT molecular complexity index is 439. The van der Waals surface area contributed by atoms with Crippen LogP contribution in [0.2, 0.25) is 0 Å². The predicted molar refractivity (Wildman–Crippen MR) is 81.1 cm³/mol. The van der Waals surface area contributed by atoms with Crippen LogP contribution in [0, 0.1) is 0 Å². The molecule has 0 unspecified atom stereocenters. The SMILES string of the molecule is COCc1ccc(CN2CCN(CCC(=O)O)CC2)cc1. The largest absolute Gasteiger partial charge is 0.481 e. The molecule has 1 heterocycles. The van der Waals surface area contributed by atoms with Gasteiger partial charge in [0.15, 0.2) is 0 Å². The number of benzene rings is 1. The number of hydrogen-bond acceptors (Lipinski definition) is 4. The Labute approximate surface area is 126 Å². The molecule has 5 nitrogen and oxygen atoms in total. The van der Waals surface area contributed by atoms with E-state index in [1.54, 1.807) is 7.11 Å². The van der Waals surface area contributed by atoms with Crippen molar-refractivity contribution < 1.29 is 14.6 Å². The van der Waals surface area contributed by atoms with Gasteiger partial charge in [0.05, 0.1) is 13.0 Å². The van der Waals surface area contributed by atoms with Crippen molar-refractivity contribution in [3.63, 3.8) is 0 Å². The molecule has 116 valence electrons. The second kappa shape index (κ2) is 8.12. The minimum atomic E-state index is -0.714. The zero-order valence-corrected chi connectivity index (χ0v) is 12.6. The summed E-state index contributed by atoms with van der Waals surface area (Å²) in [6.07, 6.45) is 0.237. The first-order valence-corrected chi connectivity index (χ1v) is 7.40. The van der Waals surface area contributed by atoms with Crippen molar-refractivity contribution in [2.24, 2.45) is 0 Å². The first kappa shape index (κ1) is 15.9. The molecule has 0 spiro atoms. The van der Waals surface area contributed by atoms with Gasteiger partial charge in [-0.25, -0.2) is 0 Å². The van der Waals surface area contributed by atoms with Crippen LogP contribution < -0.4 is 0 Å². The van der Waals surface area contributed by atoms with Gasteiger partial charge in [0.2, 0.25) is 0 Å². The Morgan fingerprint density at radius 3 is 2.24 bits per heavy atom. The number of nitrogens with zero attached hydrogens (tertiary/aromatic N) is 2. The molecular weight excluding hydrogens is 268 g/mol. The molecule has 1 fully saturated rings. The second-order valence-corrected chi connectivity index (χ2v) is 5.51. The summed E-state index contributed by atoms with van der Waals surface area (Å²) < 4.78 is 5.11. The summed E-state index contributed by atoms with van der Waals surface area (Å²) in [6.45, 7) is 6.18. The molecular formula is C16H24N2O3. The lowest BCUT2D eigenvalue weighted by molar-refractivity contribution is -0.137. The van der Waals surface area contributed by atoms with Crippen LogP contribution in [-0.2, 0) is 22.7 Å². The van der Waals surface area contributed by atoms with Crippen LogP contribution in [0.3, 0.4) is 0 Å². The molecule has 1 aliphatic heterocycles. The van der Waals surface area contributed by atoms with Gasteiger partial charge in [-0.1, -0.05) is 24.3 Å². The molecule has 0 radical (unpaired) electrons. The van der Waals surface area contributed by atoms with E-state index in [1.165, 1.54) is 11.1 Å². The predicted octanol–water partition coefficient (Wildman–Crippen LogP) is 1.43. The molecule has 0 aliphatic carbocycles. The molecule has 0 amide bonds. The molecule has 1 aliphatic rings. The smallest absolute Gasteiger partial charge is 0.304 e. The van der Waals surface area contributed by atoms with E-state index in [4.69, 9.17) is 9.84 Å². The first-order chi connectivity index (χ1) is 10.2. The van der Waals surface area contributed by atoms with Gasteiger partial charge in [-0.05, 0) is 11.1 Å². The first-order valence-electron chi connectivity index (χ1n) is 7.40. The normalized spacial score (nSPS) is 17.0. The van der Waals surface area contributed by atoms with Crippen molar-refractivity contribution in [2.45, 2.75) is 19.6 Å². The zero-order chi connectivity index (χ0) is 15.1. The minimum Gasteiger partial charge on any atom is -0.481 e. The highest BCUT2D eigenvalue weighted by Gasteiger charge is 2.17. The monoisotopic (exact) mass is 292 g/mol. The molecule has 21 heavy (non-hydrogen) atoms. The maximum absolute atomic E-state index is 10.6. The Hall–Kier alpha value is -1.43. The highest BCUT2D eigenvalue weighted by atomic mass is 16.5. The van der Waals surface area contributed by atoms with Crippen molar-refractivity contribution in [1.82, 2.24) is 9.80 Å². The minimum absolute atomic E-state index is 0.237. The standard InChI is InChI=1S/C16H24N2O3/c1-21-13-15-4-2-14(3-5-15)12-18-10-8-17(9-11-18)7-6-16(19)20/h2-5H,6-13H2,1H3,(H,19,20). The molecule has 5 heteroatoms. The van der Waals surface area contributed by atoms with Crippen molar-refractivity contribution in [3.05, 3.63) is 35.4 Å². The number of hydrogen-bond donors (Lipinski definition) is 1. The third kappa shape index (κ3) is 5.46. The number of carboxylic acids is 1. The Balaban J connectivity index is 1.74. The van der Waals surface area contributed by atoms with Crippen molar-refractivity contribution >= 4 is 5.97 Å². The van der Waals surface area contributed by atoms with Crippen LogP contribution in [0.15, 0.2) is 24.3 Å². The average Bonchev–Trinajstić information content (AvgIpc) is 2.49. The fraction of sp³-hybridized carbons (Fsp3) is 0.562. The highest BCUT2D eigenvalue weighted by molar-refractivity contribution is 5.66. The molecule has 1 N–H and O–H groups in total. The highest BCUT2D eigenvalue weighted by Crippen LogP contribution is 2.11. The molecule has 0 saturated carbocycles. The average molecular weight is 292 g/mol. The number of carbonyl (C=O) groups is 1. The summed E-state index contributed by atoms with van der Waals surface area (Å²) in [6, 6.07) is 8.54. The lowest BCUT2D eigenvalue weighted by Gasteiger charge is -2.34.